The number of carbonyl (C=O) groups excluding carboxylic acids is 1. The van der Waals surface area contributed by atoms with Crippen LogP contribution in [0.5, 0.6) is 0 Å². The lowest BCUT2D eigenvalue weighted by atomic mass is 10.0. The van der Waals surface area contributed by atoms with Crippen molar-refractivity contribution in [2.24, 2.45) is 11.8 Å². The first-order chi connectivity index (χ1) is 8.10. The van der Waals surface area contributed by atoms with E-state index in [1.165, 1.54) is 0 Å². The second-order valence-electron chi connectivity index (χ2n) is 4.46. The van der Waals surface area contributed by atoms with Crippen molar-refractivity contribution in [2.75, 3.05) is 26.8 Å². The fourth-order valence-corrected chi connectivity index (χ4v) is 2.31. The Balaban J connectivity index is 2.49. The summed E-state index contributed by atoms with van der Waals surface area (Å²) in [6, 6.07) is 0. The zero-order valence-electron chi connectivity index (χ0n) is 10.5. The van der Waals surface area contributed by atoms with Crippen molar-refractivity contribution in [3.05, 3.63) is 0 Å². The van der Waals surface area contributed by atoms with Gasteiger partial charge in [0.15, 0.2) is 0 Å². The van der Waals surface area contributed by atoms with Crippen LogP contribution in [0, 0.1) is 11.8 Å². The number of carboxylic acids is 1. The molecule has 0 aromatic rings. The SMILES string of the molecule is CCN(CCOC)C(=O)C1CCC(C(=O)O)C1. The van der Waals surface area contributed by atoms with Crippen molar-refractivity contribution in [3.63, 3.8) is 0 Å². The minimum absolute atomic E-state index is 0.0771. The third-order valence-corrected chi connectivity index (χ3v) is 3.39. The van der Waals surface area contributed by atoms with Gasteiger partial charge < -0.3 is 14.7 Å². The number of carboxylic acid groups (broad SMARTS) is 1. The molecule has 0 aromatic heterocycles. The molecule has 0 radical (unpaired) electrons. The number of amides is 1. The molecule has 2 unspecified atom stereocenters. The van der Waals surface area contributed by atoms with Crippen molar-refractivity contribution in [3.8, 4) is 0 Å². The van der Waals surface area contributed by atoms with Crippen molar-refractivity contribution >= 4 is 11.9 Å². The first kappa shape index (κ1) is 14.0. The Hall–Kier alpha value is -1.10. The molecule has 2 atom stereocenters. The van der Waals surface area contributed by atoms with Crippen LogP contribution in [0.25, 0.3) is 0 Å². The van der Waals surface area contributed by atoms with Gasteiger partial charge >= 0.3 is 5.97 Å². The van der Waals surface area contributed by atoms with Crippen LogP contribution in [0.15, 0.2) is 0 Å². The maximum absolute atomic E-state index is 12.1. The highest BCUT2D eigenvalue weighted by Crippen LogP contribution is 2.32. The average Bonchev–Trinajstić information content (AvgIpc) is 2.79. The second-order valence-corrected chi connectivity index (χ2v) is 4.46. The Bertz CT molecular complexity index is 280. The number of nitrogens with zero attached hydrogens (tertiary/aromatic N) is 1. The smallest absolute Gasteiger partial charge is 0.306 e. The highest BCUT2D eigenvalue weighted by molar-refractivity contribution is 5.81. The molecule has 1 amide bonds. The quantitative estimate of drug-likeness (QED) is 0.755. The summed E-state index contributed by atoms with van der Waals surface area (Å²) < 4.78 is 4.96. The lowest BCUT2D eigenvalue weighted by molar-refractivity contribution is -0.141. The normalized spacial score (nSPS) is 23.6. The van der Waals surface area contributed by atoms with Gasteiger partial charge in [0.05, 0.1) is 12.5 Å². The monoisotopic (exact) mass is 243 g/mol. The van der Waals surface area contributed by atoms with Crippen LogP contribution in [-0.2, 0) is 14.3 Å². The Morgan fingerprint density at radius 2 is 2.00 bits per heavy atom. The van der Waals surface area contributed by atoms with Crippen LogP contribution in [0.1, 0.15) is 26.2 Å². The molecular formula is C12H21NO4. The van der Waals surface area contributed by atoms with Crippen molar-refractivity contribution in [1.82, 2.24) is 4.90 Å². The van der Waals surface area contributed by atoms with Gasteiger partial charge in [-0.2, -0.15) is 0 Å². The molecule has 17 heavy (non-hydrogen) atoms. The zero-order valence-corrected chi connectivity index (χ0v) is 10.5. The summed E-state index contributed by atoms with van der Waals surface area (Å²) in [7, 11) is 1.61. The van der Waals surface area contributed by atoms with Gasteiger partial charge in [0, 0.05) is 26.1 Å². The van der Waals surface area contributed by atoms with Crippen molar-refractivity contribution in [1.29, 1.82) is 0 Å². The van der Waals surface area contributed by atoms with E-state index in [4.69, 9.17) is 9.84 Å². The minimum Gasteiger partial charge on any atom is -0.481 e. The van der Waals surface area contributed by atoms with E-state index < -0.39 is 5.97 Å². The first-order valence-corrected chi connectivity index (χ1v) is 6.10. The van der Waals surface area contributed by atoms with E-state index >= 15 is 0 Å². The van der Waals surface area contributed by atoms with E-state index in [-0.39, 0.29) is 17.7 Å². The number of ether oxygens (including phenoxy) is 1. The lowest BCUT2D eigenvalue weighted by Gasteiger charge is -2.23. The molecule has 1 N–H and O–H groups in total. The molecule has 1 saturated carbocycles. The second kappa shape index (κ2) is 6.59. The van der Waals surface area contributed by atoms with E-state index in [1.807, 2.05) is 6.92 Å². The molecule has 0 aromatic carbocycles. The molecule has 98 valence electrons. The molecule has 0 bridgehead atoms. The Labute approximate surface area is 102 Å². The summed E-state index contributed by atoms with van der Waals surface area (Å²) in [5.74, 6) is -1.16. The third-order valence-electron chi connectivity index (χ3n) is 3.39. The van der Waals surface area contributed by atoms with Gasteiger partial charge in [-0.1, -0.05) is 0 Å². The summed E-state index contributed by atoms with van der Waals surface area (Å²) in [6.45, 7) is 3.68. The molecule has 0 spiro atoms. The standard InChI is InChI=1S/C12H21NO4/c1-3-13(6-7-17-2)11(14)9-4-5-10(8-9)12(15)16/h9-10H,3-8H2,1-2H3,(H,15,16). The van der Waals surface area contributed by atoms with Crippen LogP contribution in [0.4, 0.5) is 0 Å². The van der Waals surface area contributed by atoms with Gasteiger partial charge in [0.2, 0.25) is 5.91 Å². The molecule has 1 aliphatic carbocycles. The van der Waals surface area contributed by atoms with E-state index in [2.05, 4.69) is 0 Å². The van der Waals surface area contributed by atoms with E-state index in [0.717, 1.165) is 0 Å². The predicted molar refractivity (Wildman–Crippen MR) is 62.6 cm³/mol. The van der Waals surface area contributed by atoms with Crippen LogP contribution in [-0.4, -0.2) is 48.7 Å². The summed E-state index contributed by atoms with van der Waals surface area (Å²) in [6.07, 6.45) is 1.80. The van der Waals surface area contributed by atoms with Gasteiger partial charge in [-0.15, -0.1) is 0 Å². The van der Waals surface area contributed by atoms with Gasteiger partial charge in [0.1, 0.15) is 0 Å². The zero-order chi connectivity index (χ0) is 12.8. The minimum atomic E-state index is -0.778. The Kier molecular flexibility index (Phi) is 5.41. The largest absolute Gasteiger partial charge is 0.481 e. The highest BCUT2D eigenvalue weighted by atomic mass is 16.5. The van der Waals surface area contributed by atoms with Gasteiger partial charge in [0.25, 0.3) is 0 Å². The van der Waals surface area contributed by atoms with Gasteiger partial charge in [-0.25, -0.2) is 0 Å². The fourth-order valence-electron chi connectivity index (χ4n) is 2.31. The Morgan fingerprint density at radius 1 is 1.35 bits per heavy atom. The summed E-state index contributed by atoms with van der Waals surface area (Å²) in [5, 5.41) is 8.91. The number of rotatable bonds is 6. The topological polar surface area (TPSA) is 66.8 Å². The fraction of sp³-hybridized carbons (Fsp3) is 0.833. The number of likely N-dealkylation sites (N-methyl/N-ethyl adjacent to an activating group) is 1. The number of hydrogen-bond donors (Lipinski definition) is 1. The van der Waals surface area contributed by atoms with E-state index in [0.29, 0.717) is 39.0 Å². The van der Waals surface area contributed by atoms with Crippen LogP contribution >= 0.6 is 0 Å². The molecule has 0 saturated heterocycles. The summed E-state index contributed by atoms with van der Waals surface area (Å²) in [4.78, 5) is 24.7. The molecule has 5 nitrogen and oxygen atoms in total. The van der Waals surface area contributed by atoms with Gasteiger partial charge in [-0.3, -0.25) is 9.59 Å². The van der Waals surface area contributed by atoms with Gasteiger partial charge in [-0.05, 0) is 26.2 Å². The van der Waals surface area contributed by atoms with Crippen molar-refractivity contribution < 1.29 is 19.4 Å². The van der Waals surface area contributed by atoms with E-state index in [9.17, 15) is 9.59 Å². The maximum atomic E-state index is 12.1. The number of carbonyl (C=O) groups is 2. The molecule has 0 heterocycles. The Morgan fingerprint density at radius 3 is 2.47 bits per heavy atom. The molecular weight excluding hydrogens is 222 g/mol. The predicted octanol–water partition coefficient (Wildman–Crippen LogP) is 0.982. The van der Waals surface area contributed by atoms with E-state index in [1.54, 1.807) is 12.0 Å². The lowest BCUT2D eigenvalue weighted by Crippen LogP contribution is -2.37. The maximum Gasteiger partial charge on any atom is 0.306 e. The molecule has 5 heteroatoms. The summed E-state index contributed by atoms with van der Waals surface area (Å²) in [5.41, 5.74) is 0. The first-order valence-electron chi connectivity index (χ1n) is 6.10. The summed E-state index contributed by atoms with van der Waals surface area (Å²) >= 11 is 0. The molecule has 1 fully saturated rings. The number of methoxy groups -OCH3 is 1. The van der Waals surface area contributed by atoms with Crippen LogP contribution in [0.2, 0.25) is 0 Å². The van der Waals surface area contributed by atoms with Crippen LogP contribution in [0.3, 0.4) is 0 Å². The molecule has 0 aliphatic heterocycles. The number of aliphatic carboxylic acids is 1. The highest BCUT2D eigenvalue weighted by Gasteiger charge is 2.35. The van der Waals surface area contributed by atoms with Crippen molar-refractivity contribution in [2.45, 2.75) is 26.2 Å². The number of hydrogen-bond acceptors (Lipinski definition) is 3. The molecule has 1 rings (SSSR count). The molecule has 1 aliphatic rings. The van der Waals surface area contributed by atoms with Crippen LogP contribution < -0.4 is 0 Å². The third kappa shape index (κ3) is 3.70. The average molecular weight is 243 g/mol.